The molecule has 0 spiro atoms. The molecule has 142 valence electrons. The van der Waals surface area contributed by atoms with Crippen LogP contribution in [0.2, 0.25) is 5.02 Å². The van der Waals surface area contributed by atoms with Crippen molar-refractivity contribution in [2.24, 2.45) is 0 Å². The number of nitrogens with one attached hydrogen (secondary N) is 1. The average Bonchev–Trinajstić information content (AvgIpc) is 2.90. The lowest BCUT2D eigenvalue weighted by molar-refractivity contribution is -0.113. The smallest absolute Gasteiger partial charge is 0.235 e. The topological polar surface area (TPSA) is 70.7 Å². The highest BCUT2D eigenvalue weighted by Gasteiger charge is 2.21. The standard InChI is InChI=1S/C20H16ClFN4OS/c1-12-13(2)26(15-6-3-5-14(22)9-15)19(16(12)10-23)25-18(27)11-28-20-17(21)7-4-8-24-20/h3-9H,11H2,1-2H3,(H,25,27). The van der Waals surface area contributed by atoms with Crippen LogP contribution < -0.4 is 5.32 Å². The lowest BCUT2D eigenvalue weighted by atomic mass is 10.2. The van der Waals surface area contributed by atoms with Gasteiger partial charge in [-0.05, 0) is 49.7 Å². The molecule has 0 aliphatic heterocycles. The summed E-state index contributed by atoms with van der Waals surface area (Å²) in [5.41, 5.74) is 2.34. The maximum Gasteiger partial charge on any atom is 0.235 e. The number of hydrogen-bond acceptors (Lipinski definition) is 4. The van der Waals surface area contributed by atoms with Crippen LogP contribution in [0, 0.1) is 31.0 Å². The SMILES string of the molecule is Cc1c(C#N)c(NC(=O)CSc2ncccc2Cl)n(-c2cccc(F)c2)c1C. The number of nitrogens with zero attached hydrogens (tertiary/aromatic N) is 3. The third kappa shape index (κ3) is 4.03. The lowest BCUT2D eigenvalue weighted by Crippen LogP contribution is -2.18. The molecule has 3 rings (SSSR count). The van der Waals surface area contributed by atoms with Gasteiger partial charge in [-0.1, -0.05) is 29.4 Å². The van der Waals surface area contributed by atoms with Crippen molar-refractivity contribution in [1.82, 2.24) is 9.55 Å². The number of anilines is 1. The van der Waals surface area contributed by atoms with E-state index in [4.69, 9.17) is 11.6 Å². The van der Waals surface area contributed by atoms with Crippen LogP contribution in [-0.2, 0) is 4.79 Å². The highest BCUT2D eigenvalue weighted by molar-refractivity contribution is 8.00. The third-order valence-corrected chi connectivity index (χ3v) is 5.64. The minimum absolute atomic E-state index is 0.0635. The molecule has 0 atom stereocenters. The highest BCUT2D eigenvalue weighted by atomic mass is 35.5. The first-order chi connectivity index (χ1) is 13.4. The molecule has 0 bridgehead atoms. The Bertz CT molecular complexity index is 1090. The second kappa shape index (κ2) is 8.46. The number of aromatic nitrogens is 2. The van der Waals surface area contributed by atoms with Crippen molar-refractivity contribution in [3.63, 3.8) is 0 Å². The number of hydrogen-bond donors (Lipinski definition) is 1. The van der Waals surface area contributed by atoms with Crippen molar-refractivity contribution in [2.45, 2.75) is 18.9 Å². The molecule has 0 aliphatic rings. The number of rotatable bonds is 5. The Balaban J connectivity index is 1.91. The summed E-state index contributed by atoms with van der Waals surface area (Å²) in [6.07, 6.45) is 1.60. The zero-order chi connectivity index (χ0) is 20.3. The summed E-state index contributed by atoms with van der Waals surface area (Å²) in [6.45, 7) is 3.61. The van der Waals surface area contributed by atoms with Crippen molar-refractivity contribution < 1.29 is 9.18 Å². The lowest BCUT2D eigenvalue weighted by Gasteiger charge is -2.13. The van der Waals surface area contributed by atoms with E-state index in [0.29, 0.717) is 27.1 Å². The second-order valence-corrected chi connectivity index (χ2v) is 7.36. The molecule has 2 aromatic heterocycles. The maximum absolute atomic E-state index is 13.7. The van der Waals surface area contributed by atoms with E-state index >= 15 is 0 Å². The van der Waals surface area contributed by atoms with Crippen molar-refractivity contribution in [2.75, 3.05) is 11.1 Å². The fourth-order valence-electron chi connectivity index (χ4n) is 2.78. The van der Waals surface area contributed by atoms with Gasteiger partial charge in [-0.25, -0.2) is 9.37 Å². The van der Waals surface area contributed by atoms with Gasteiger partial charge in [0.1, 0.15) is 22.7 Å². The van der Waals surface area contributed by atoms with Crippen LogP contribution in [0.25, 0.3) is 5.69 Å². The highest BCUT2D eigenvalue weighted by Crippen LogP contribution is 2.31. The predicted molar refractivity (Wildman–Crippen MR) is 109 cm³/mol. The van der Waals surface area contributed by atoms with Crippen molar-refractivity contribution in [3.05, 3.63) is 70.3 Å². The van der Waals surface area contributed by atoms with Crippen LogP contribution in [0.1, 0.15) is 16.8 Å². The fraction of sp³-hybridized carbons (Fsp3) is 0.150. The summed E-state index contributed by atoms with van der Waals surface area (Å²) in [5.74, 6) is -0.341. The number of amides is 1. The van der Waals surface area contributed by atoms with Crippen molar-refractivity contribution >= 4 is 35.1 Å². The van der Waals surface area contributed by atoms with Crippen LogP contribution >= 0.6 is 23.4 Å². The first kappa shape index (κ1) is 19.9. The zero-order valence-corrected chi connectivity index (χ0v) is 16.7. The number of carbonyl (C=O) groups excluding carboxylic acids is 1. The van der Waals surface area contributed by atoms with Crippen LogP contribution in [0.4, 0.5) is 10.2 Å². The van der Waals surface area contributed by atoms with Crippen LogP contribution in [0.3, 0.4) is 0 Å². The minimum atomic E-state index is -0.403. The van der Waals surface area contributed by atoms with Gasteiger partial charge in [0.2, 0.25) is 5.91 Å². The predicted octanol–water partition coefficient (Wildman–Crippen LogP) is 4.88. The average molecular weight is 415 g/mol. The van der Waals surface area contributed by atoms with E-state index in [1.54, 1.807) is 42.0 Å². The second-order valence-electron chi connectivity index (χ2n) is 5.99. The number of halogens is 2. The molecule has 0 unspecified atom stereocenters. The van der Waals surface area contributed by atoms with Gasteiger partial charge in [0.15, 0.2) is 0 Å². The monoisotopic (exact) mass is 414 g/mol. The van der Waals surface area contributed by atoms with Crippen LogP contribution in [0.5, 0.6) is 0 Å². The van der Waals surface area contributed by atoms with E-state index in [2.05, 4.69) is 16.4 Å². The molecule has 28 heavy (non-hydrogen) atoms. The van der Waals surface area contributed by atoms with E-state index in [0.717, 1.165) is 11.3 Å². The molecular weight excluding hydrogens is 399 g/mol. The Morgan fingerprint density at radius 1 is 1.36 bits per heavy atom. The van der Waals surface area contributed by atoms with Gasteiger partial charge in [0.05, 0.1) is 22.0 Å². The van der Waals surface area contributed by atoms with Gasteiger partial charge in [0, 0.05) is 11.9 Å². The molecule has 0 radical (unpaired) electrons. The van der Waals surface area contributed by atoms with Crippen LogP contribution in [-0.4, -0.2) is 21.2 Å². The Hall–Kier alpha value is -2.82. The van der Waals surface area contributed by atoms with E-state index in [1.807, 2.05) is 6.92 Å². The number of carbonyl (C=O) groups is 1. The molecular formula is C20H16ClFN4OS. The number of pyridine rings is 1. The Morgan fingerprint density at radius 2 is 2.14 bits per heavy atom. The van der Waals surface area contributed by atoms with Gasteiger partial charge in [0.25, 0.3) is 0 Å². The molecule has 0 fully saturated rings. The molecule has 3 aromatic rings. The summed E-state index contributed by atoms with van der Waals surface area (Å²) >= 11 is 7.26. The zero-order valence-electron chi connectivity index (χ0n) is 15.2. The third-order valence-electron chi connectivity index (χ3n) is 4.21. The first-order valence-electron chi connectivity index (χ1n) is 8.33. The maximum atomic E-state index is 13.7. The molecule has 0 saturated heterocycles. The molecule has 5 nitrogen and oxygen atoms in total. The normalized spacial score (nSPS) is 10.5. The largest absolute Gasteiger partial charge is 0.310 e. The van der Waals surface area contributed by atoms with E-state index < -0.39 is 5.82 Å². The molecule has 1 N–H and O–H groups in total. The van der Waals surface area contributed by atoms with Gasteiger partial charge < -0.3 is 5.32 Å². The first-order valence-corrected chi connectivity index (χ1v) is 9.69. The van der Waals surface area contributed by atoms with Crippen LogP contribution in [0.15, 0.2) is 47.6 Å². The molecule has 8 heteroatoms. The summed E-state index contributed by atoms with van der Waals surface area (Å²) in [7, 11) is 0. The van der Waals surface area contributed by atoms with Gasteiger partial charge >= 0.3 is 0 Å². The van der Waals surface area contributed by atoms with Crippen molar-refractivity contribution in [3.8, 4) is 11.8 Å². The number of benzene rings is 1. The quantitative estimate of drug-likeness (QED) is 0.604. The molecule has 1 aromatic carbocycles. The number of thioether (sulfide) groups is 1. The Kier molecular flexibility index (Phi) is 6.02. The molecule has 1 amide bonds. The van der Waals surface area contributed by atoms with Crippen molar-refractivity contribution in [1.29, 1.82) is 5.26 Å². The summed E-state index contributed by atoms with van der Waals surface area (Å²) in [5, 5.41) is 13.4. The number of nitriles is 1. The summed E-state index contributed by atoms with van der Waals surface area (Å²) in [6, 6.07) is 11.5. The van der Waals surface area contributed by atoms with E-state index in [1.165, 1.54) is 23.9 Å². The Labute approximate surface area is 171 Å². The molecule has 0 aliphatic carbocycles. The van der Waals surface area contributed by atoms with Gasteiger partial charge in [-0.2, -0.15) is 5.26 Å². The summed E-state index contributed by atoms with van der Waals surface area (Å²) in [4.78, 5) is 16.7. The van der Waals surface area contributed by atoms with E-state index in [9.17, 15) is 14.4 Å². The Morgan fingerprint density at radius 3 is 2.82 bits per heavy atom. The van der Waals surface area contributed by atoms with Gasteiger partial charge in [-0.15, -0.1) is 0 Å². The fourth-order valence-corrected chi connectivity index (χ4v) is 3.74. The summed E-state index contributed by atoms with van der Waals surface area (Å²) < 4.78 is 15.4. The van der Waals surface area contributed by atoms with E-state index in [-0.39, 0.29) is 11.7 Å². The minimum Gasteiger partial charge on any atom is -0.310 e. The van der Waals surface area contributed by atoms with Gasteiger partial charge in [-0.3, -0.25) is 9.36 Å². The molecule has 2 heterocycles. The molecule has 0 saturated carbocycles.